The molecular weight excluding hydrogens is 243 g/mol. The maximum absolute atomic E-state index is 13.5. The predicted molar refractivity (Wildman–Crippen MR) is 63.5 cm³/mol. The topological polar surface area (TPSA) is 27.1 Å². The van der Waals surface area contributed by atoms with E-state index in [1.165, 1.54) is 6.07 Å². The Hall–Kier alpha value is -1.55. The summed E-state index contributed by atoms with van der Waals surface area (Å²) in [6.45, 7) is 0.276. The fraction of sp³-hybridized carbons (Fsp3) is 0.250. The lowest BCUT2D eigenvalue weighted by Crippen LogP contribution is -1.99. The van der Waals surface area contributed by atoms with E-state index in [-0.39, 0.29) is 18.2 Å². The van der Waals surface area contributed by atoms with Crippen LogP contribution in [-0.4, -0.2) is 9.78 Å². The normalized spacial score (nSPS) is 10.5. The van der Waals surface area contributed by atoms with Crippen molar-refractivity contribution in [3.63, 3.8) is 0 Å². The highest BCUT2D eigenvalue weighted by Crippen LogP contribution is 2.25. The first kappa shape index (κ1) is 11.9. The van der Waals surface area contributed by atoms with E-state index < -0.39 is 5.82 Å². The van der Waals surface area contributed by atoms with Crippen LogP contribution >= 0.6 is 11.6 Å². The molecule has 3 nitrogen and oxygen atoms in total. The molecule has 0 radical (unpaired) electrons. The molecular formula is C12H12ClFN2O. The Morgan fingerprint density at radius 3 is 2.94 bits per heavy atom. The number of aryl methyl sites for hydroxylation is 1. The van der Waals surface area contributed by atoms with E-state index in [1.54, 1.807) is 23.0 Å². The molecule has 17 heavy (non-hydrogen) atoms. The molecule has 0 N–H and O–H groups in total. The van der Waals surface area contributed by atoms with Crippen molar-refractivity contribution in [1.82, 2.24) is 9.78 Å². The van der Waals surface area contributed by atoms with Gasteiger partial charge in [-0.2, -0.15) is 5.10 Å². The molecule has 1 aromatic heterocycles. The molecule has 1 aromatic carbocycles. The average molecular weight is 255 g/mol. The molecule has 90 valence electrons. The van der Waals surface area contributed by atoms with Crippen LogP contribution in [0.3, 0.4) is 0 Å². The second-order valence-corrected chi connectivity index (χ2v) is 3.94. The summed E-state index contributed by atoms with van der Waals surface area (Å²) in [5.41, 5.74) is 1.53. The average Bonchev–Trinajstić information content (AvgIpc) is 2.73. The van der Waals surface area contributed by atoms with E-state index in [2.05, 4.69) is 5.10 Å². The number of nitrogens with zero attached hydrogens (tertiary/aromatic N) is 2. The van der Waals surface area contributed by atoms with Gasteiger partial charge in [0.25, 0.3) is 0 Å². The zero-order valence-corrected chi connectivity index (χ0v) is 10.1. The second-order valence-electron chi connectivity index (χ2n) is 3.67. The summed E-state index contributed by atoms with van der Waals surface area (Å²) >= 11 is 5.73. The number of hydrogen-bond donors (Lipinski definition) is 0. The molecule has 0 bridgehead atoms. The standard InChI is InChI=1S/C12H12ClFN2O/c1-16-7-9(6-15-16)8-17-12-10(5-13)3-2-4-11(12)14/h2-4,6-7H,5,8H2,1H3. The second kappa shape index (κ2) is 5.19. The number of rotatable bonds is 4. The lowest BCUT2D eigenvalue weighted by Gasteiger charge is -2.09. The van der Waals surface area contributed by atoms with Crippen molar-refractivity contribution in [2.45, 2.75) is 12.5 Å². The van der Waals surface area contributed by atoms with Crippen LogP contribution in [0.4, 0.5) is 4.39 Å². The third-order valence-corrected chi connectivity index (χ3v) is 2.62. The monoisotopic (exact) mass is 254 g/mol. The minimum Gasteiger partial charge on any atom is -0.485 e. The number of alkyl halides is 1. The minimum atomic E-state index is -0.396. The molecule has 0 atom stereocenters. The Labute approximate surface area is 104 Å². The highest BCUT2D eigenvalue weighted by atomic mass is 35.5. The number of para-hydroxylation sites is 1. The van der Waals surface area contributed by atoms with Crippen LogP contribution in [0.5, 0.6) is 5.75 Å². The Bertz CT molecular complexity index is 513. The molecule has 0 aliphatic heterocycles. The van der Waals surface area contributed by atoms with Crippen molar-refractivity contribution in [3.8, 4) is 5.75 Å². The summed E-state index contributed by atoms with van der Waals surface area (Å²) in [6.07, 6.45) is 3.50. The van der Waals surface area contributed by atoms with Gasteiger partial charge in [-0.25, -0.2) is 4.39 Å². The number of benzene rings is 1. The molecule has 5 heteroatoms. The van der Waals surface area contributed by atoms with Crippen molar-refractivity contribution in [3.05, 3.63) is 47.5 Å². The molecule has 1 heterocycles. The van der Waals surface area contributed by atoms with E-state index in [9.17, 15) is 4.39 Å². The van der Waals surface area contributed by atoms with Crippen molar-refractivity contribution >= 4 is 11.6 Å². The fourth-order valence-corrected chi connectivity index (χ4v) is 1.73. The number of ether oxygens (including phenoxy) is 1. The Balaban J connectivity index is 2.13. The van der Waals surface area contributed by atoms with E-state index in [1.807, 2.05) is 13.2 Å². The molecule has 0 amide bonds. The van der Waals surface area contributed by atoms with Crippen LogP contribution in [0.2, 0.25) is 0 Å². The molecule has 0 spiro atoms. The quantitative estimate of drug-likeness (QED) is 0.785. The third kappa shape index (κ3) is 2.77. The van der Waals surface area contributed by atoms with E-state index in [0.29, 0.717) is 5.56 Å². The van der Waals surface area contributed by atoms with Crippen LogP contribution in [0.15, 0.2) is 30.6 Å². The highest BCUT2D eigenvalue weighted by molar-refractivity contribution is 6.17. The van der Waals surface area contributed by atoms with Gasteiger partial charge in [0.05, 0.1) is 12.1 Å². The molecule has 0 aliphatic rings. The van der Waals surface area contributed by atoms with E-state index in [4.69, 9.17) is 16.3 Å². The molecule has 0 saturated heterocycles. The highest BCUT2D eigenvalue weighted by Gasteiger charge is 2.09. The predicted octanol–water partition coefficient (Wildman–Crippen LogP) is 2.88. The summed E-state index contributed by atoms with van der Waals surface area (Å²) in [7, 11) is 1.82. The van der Waals surface area contributed by atoms with Crippen LogP contribution in [0.1, 0.15) is 11.1 Å². The van der Waals surface area contributed by atoms with Crippen LogP contribution < -0.4 is 4.74 Å². The van der Waals surface area contributed by atoms with Gasteiger partial charge in [0.15, 0.2) is 11.6 Å². The van der Waals surface area contributed by atoms with Gasteiger partial charge in [-0.15, -0.1) is 11.6 Å². The lowest BCUT2D eigenvalue weighted by molar-refractivity contribution is 0.287. The summed E-state index contributed by atoms with van der Waals surface area (Å²) in [4.78, 5) is 0. The smallest absolute Gasteiger partial charge is 0.165 e. The van der Waals surface area contributed by atoms with Crippen molar-refractivity contribution in [1.29, 1.82) is 0 Å². The molecule has 0 aliphatic carbocycles. The Morgan fingerprint density at radius 2 is 2.29 bits per heavy atom. The Kier molecular flexibility index (Phi) is 3.64. The maximum atomic E-state index is 13.5. The molecule has 2 aromatic rings. The van der Waals surface area contributed by atoms with E-state index in [0.717, 1.165) is 5.56 Å². The molecule has 0 fully saturated rings. The first-order valence-electron chi connectivity index (χ1n) is 5.14. The van der Waals surface area contributed by atoms with Crippen molar-refractivity contribution < 1.29 is 9.13 Å². The van der Waals surface area contributed by atoms with Crippen molar-refractivity contribution in [2.24, 2.45) is 7.05 Å². The first-order chi connectivity index (χ1) is 8.20. The van der Waals surface area contributed by atoms with Gasteiger partial charge in [-0.05, 0) is 6.07 Å². The lowest BCUT2D eigenvalue weighted by atomic mass is 10.2. The van der Waals surface area contributed by atoms with Gasteiger partial charge in [0, 0.05) is 24.4 Å². The van der Waals surface area contributed by atoms with Gasteiger partial charge in [-0.1, -0.05) is 12.1 Å². The first-order valence-corrected chi connectivity index (χ1v) is 5.68. The summed E-state index contributed by atoms with van der Waals surface area (Å²) in [6, 6.07) is 4.72. The van der Waals surface area contributed by atoms with Gasteiger partial charge >= 0.3 is 0 Å². The maximum Gasteiger partial charge on any atom is 0.165 e. The van der Waals surface area contributed by atoms with Crippen molar-refractivity contribution in [2.75, 3.05) is 0 Å². The summed E-state index contributed by atoms with van der Waals surface area (Å²) < 4.78 is 20.7. The van der Waals surface area contributed by atoms with Gasteiger partial charge in [0.1, 0.15) is 6.61 Å². The van der Waals surface area contributed by atoms with Gasteiger partial charge in [-0.3, -0.25) is 4.68 Å². The van der Waals surface area contributed by atoms with Crippen LogP contribution in [0, 0.1) is 5.82 Å². The minimum absolute atomic E-state index is 0.214. The number of aromatic nitrogens is 2. The molecule has 0 saturated carbocycles. The Morgan fingerprint density at radius 1 is 1.47 bits per heavy atom. The van der Waals surface area contributed by atoms with E-state index >= 15 is 0 Å². The largest absolute Gasteiger partial charge is 0.485 e. The van der Waals surface area contributed by atoms with Gasteiger partial charge in [0.2, 0.25) is 0 Å². The number of hydrogen-bond acceptors (Lipinski definition) is 2. The van der Waals surface area contributed by atoms with Crippen LogP contribution in [0.25, 0.3) is 0 Å². The van der Waals surface area contributed by atoms with Gasteiger partial charge < -0.3 is 4.74 Å². The summed E-state index contributed by atoms with van der Waals surface area (Å²) in [5, 5.41) is 4.01. The summed E-state index contributed by atoms with van der Waals surface area (Å²) in [5.74, 6) is 0.0403. The molecule has 0 unspecified atom stereocenters. The zero-order valence-electron chi connectivity index (χ0n) is 9.36. The van der Waals surface area contributed by atoms with Crippen LogP contribution in [-0.2, 0) is 19.5 Å². The SMILES string of the molecule is Cn1cc(COc2c(F)cccc2CCl)cn1. The number of halogens is 2. The molecule has 2 rings (SSSR count). The zero-order chi connectivity index (χ0) is 12.3. The fourth-order valence-electron chi connectivity index (χ4n) is 1.52. The third-order valence-electron chi connectivity index (χ3n) is 2.33.